The van der Waals surface area contributed by atoms with Crippen molar-refractivity contribution in [2.45, 2.75) is 0 Å². The van der Waals surface area contributed by atoms with Crippen LogP contribution in [-0.4, -0.2) is 4.92 Å². The largest absolute Gasteiger partial charge is 0.434 e. The minimum Gasteiger partial charge on any atom is -0.401 e. The number of furan rings is 1. The maximum absolute atomic E-state index is 10.7. The van der Waals surface area contributed by atoms with Crippen molar-refractivity contribution in [3.8, 4) is 6.07 Å². The summed E-state index contributed by atoms with van der Waals surface area (Å²) < 4.78 is 5.13. The SMILES string of the molecule is N#Cc1ccc2c(ccc3oc([N+](=O)[O-])cc32)c1. The Morgan fingerprint density at radius 2 is 2.00 bits per heavy atom. The highest BCUT2D eigenvalue weighted by Gasteiger charge is 2.15. The van der Waals surface area contributed by atoms with Crippen molar-refractivity contribution in [1.82, 2.24) is 0 Å². The van der Waals surface area contributed by atoms with Gasteiger partial charge in [-0.1, -0.05) is 12.1 Å². The van der Waals surface area contributed by atoms with E-state index in [1.165, 1.54) is 6.07 Å². The van der Waals surface area contributed by atoms with Crippen LogP contribution in [0.2, 0.25) is 0 Å². The Bertz CT molecular complexity index is 827. The number of benzene rings is 2. The van der Waals surface area contributed by atoms with Crippen LogP contribution in [-0.2, 0) is 0 Å². The fourth-order valence-electron chi connectivity index (χ4n) is 2.00. The molecule has 3 rings (SSSR count). The summed E-state index contributed by atoms with van der Waals surface area (Å²) in [7, 11) is 0. The molecule has 3 aromatic rings. The molecule has 0 saturated carbocycles. The summed E-state index contributed by atoms with van der Waals surface area (Å²) >= 11 is 0. The van der Waals surface area contributed by atoms with Crippen LogP contribution in [0.3, 0.4) is 0 Å². The fourth-order valence-corrected chi connectivity index (χ4v) is 2.00. The van der Waals surface area contributed by atoms with Gasteiger partial charge in [0.1, 0.15) is 10.5 Å². The van der Waals surface area contributed by atoms with Gasteiger partial charge in [-0.05, 0) is 29.0 Å². The smallest absolute Gasteiger partial charge is 0.401 e. The first-order chi connectivity index (χ1) is 8.69. The van der Waals surface area contributed by atoms with Gasteiger partial charge in [-0.2, -0.15) is 5.26 Å². The molecule has 5 heteroatoms. The molecule has 1 heterocycles. The lowest BCUT2D eigenvalue weighted by molar-refractivity contribution is -0.401. The molecule has 0 spiro atoms. The predicted octanol–water partition coefficient (Wildman–Crippen LogP) is 3.37. The van der Waals surface area contributed by atoms with Gasteiger partial charge >= 0.3 is 5.88 Å². The van der Waals surface area contributed by atoms with Gasteiger partial charge in [-0.3, -0.25) is 10.1 Å². The zero-order valence-electron chi connectivity index (χ0n) is 9.08. The van der Waals surface area contributed by atoms with E-state index in [0.717, 1.165) is 10.8 Å². The zero-order valence-corrected chi connectivity index (χ0v) is 9.08. The van der Waals surface area contributed by atoms with Crippen molar-refractivity contribution >= 4 is 27.6 Å². The van der Waals surface area contributed by atoms with Crippen LogP contribution in [0.1, 0.15) is 5.56 Å². The first-order valence-electron chi connectivity index (χ1n) is 5.20. The normalized spacial score (nSPS) is 10.6. The van der Waals surface area contributed by atoms with Gasteiger partial charge in [-0.15, -0.1) is 0 Å². The van der Waals surface area contributed by atoms with Gasteiger partial charge in [0, 0.05) is 5.39 Å². The lowest BCUT2D eigenvalue weighted by Gasteiger charge is -1.98. The molecule has 0 amide bonds. The number of nitro groups is 1. The van der Waals surface area contributed by atoms with Crippen LogP contribution in [0.4, 0.5) is 5.88 Å². The minimum absolute atomic E-state index is 0.276. The summed E-state index contributed by atoms with van der Waals surface area (Å²) in [5.41, 5.74) is 1.03. The third kappa shape index (κ3) is 1.40. The van der Waals surface area contributed by atoms with Crippen molar-refractivity contribution in [3.63, 3.8) is 0 Å². The molecule has 0 aliphatic carbocycles. The van der Waals surface area contributed by atoms with E-state index in [-0.39, 0.29) is 5.88 Å². The van der Waals surface area contributed by atoms with E-state index < -0.39 is 4.92 Å². The molecular weight excluding hydrogens is 232 g/mol. The average molecular weight is 238 g/mol. The number of nitriles is 1. The Kier molecular flexibility index (Phi) is 2.04. The third-order valence-electron chi connectivity index (χ3n) is 2.81. The zero-order chi connectivity index (χ0) is 12.7. The number of rotatable bonds is 1. The molecule has 0 bridgehead atoms. The maximum atomic E-state index is 10.7. The quantitative estimate of drug-likeness (QED) is 0.480. The Labute approximate surface area is 101 Å². The van der Waals surface area contributed by atoms with Crippen molar-refractivity contribution in [1.29, 1.82) is 5.26 Å². The summed E-state index contributed by atoms with van der Waals surface area (Å²) in [5.74, 6) is -0.276. The maximum Gasteiger partial charge on any atom is 0.434 e. The van der Waals surface area contributed by atoms with Crippen LogP contribution in [0.5, 0.6) is 0 Å². The second kappa shape index (κ2) is 3.57. The van der Waals surface area contributed by atoms with E-state index in [1.54, 1.807) is 30.3 Å². The number of nitrogens with zero attached hydrogens (tertiary/aromatic N) is 2. The molecule has 0 unspecified atom stereocenters. The summed E-state index contributed by atoms with van der Waals surface area (Å²) in [5, 5.41) is 21.9. The Hall–Kier alpha value is -2.87. The van der Waals surface area contributed by atoms with Crippen LogP contribution >= 0.6 is 0 Å². The molecule has 0 N–H and O–H groups in total. The molecule has 86 valence electrons. The summed E-state index contributed by atoms with van der Waals surface area (Å²) in [4.78, 5) is 10.1. The predicted molar refractivity (Wildman–Crippen MR) is 65.1 cm³/mol. The van der Waals surface area contributed by atoms with Crippen LogP contribution in [0, 0.1) is 21.4 Å². The second-order valence-corrected chi connectivity index (χ2v) is 3.87. The van der Waals surface area contributed by atoms with E-state index in [4.69, 9.17) is 9.68 Å². The average Bonchev–Trinajstić information content (AvgIpc) is 2.82. The van der Waals surface area contributed by atoms with E-state index in [1.807, 2.05) is 0 Å². The molecule has 1 aromatic heterocycles. The van der Waals surface area contributed by atoms with E-state index in [9.17, 15) is 10.1 Å². The highest BCUT2D eigenvalue weighted by Crippen LogP contribution is 2.31. The van der Waals surface area contributed by atoms with Gasteiger partial charge in [0.25, 0.3) is 0 Å². The highest BCUT2D eigenvalue weighted by molar-refractivity contribution is 6.06. The fraction of sp³-hybridized carbons (Fsp3) is 0. The molecular formula is C13H6N2O3. The first kappa shape index (κ1) is 10.3. The molecule has 0 saturated heterocycles. The van der Waals surface area contributed by atoms with E-state index in [0.29, 0.717) is 16.5 Å². The Morgan fingerprint density at radius 3 is 2.72 bits per heavy atom. The van der Waals surface area contributed by atoms with Crippen molar-refractivity contribution in [3.05, 3.63) is 52.1 Å². The highest BCUT2D eigenvalue weighted by atomic mass is 16.6. The molecule has 0 aliphatic rings. The van der Waals surface area contributed by atoms with Gasteiger partial charge in [0.15, 0.2) is 0 Å². The number of hydrogen-bond donors (Lipinski definition) is 0. The Balaban J connectivity index is 2.39. The van der Waals surface area contributed by atoms with Crippen molar-refractivity contribution in [2.24, 2.45) is 0 Å². The van der Waals surface area contributed by atoms with Gasteiger partial charge in [0.05, 0.1) is 17.7 Å². The summed E-state index contributed by atoms with van der Waals surface area (Å²) in [6.07, 6.45) is 0. The number of fused-ring (bicyclic) bond motifs is 3. The van der Waals surface area contributed by atoms with Crippen LogP contribution < -0.4 is 0 Å². The molecule has 5 nitrogen and oxygen atoms in total. The van der Waals surface area contributed by atoms with Gasteiger partial charge in [0.2, 0.25) is 0 Å². The van der Waals surface area contributed by atoms with Crippen molar-refractivity contribution < 1.29 is 9.34 Å². The van der Waals surface area contributed by atoms with E-state index in [2.05, 4.69) is 6.07 Å². The second-order valence-electron chi connectivity index (χ2n) is 3.87. The minimum atomic E-state index is -0.560. The van der Waals surface area contributed by atoms with Crippen LogP contribution in [0.25, 0.3) is 21.7 Å². The molecule has 2 aromatic carbocycles. The lowest BCUT2D eigenvalue weighted by Crippen LogP contribution is -1.82. The standard InChI is InChI=1S/C13H6N2O3/c14-7-8-1-3-10-9(5-8)2-4-12-11(10)6-13(18-12)15(16)17/h1-6H. The van der Waals surface area contributed by atoms with Gasteiger partial charge in [-0.25, -0.2) is 0 Å². The van der Waals surface area contributed by atoms with Crippen LogP contribution in [0.15, 0.2) is 40.8 Å². The topological polar surface area (TPSA) is 80.1 Å². The van der Waals surface area contributed by atoms with Crippen molar-refractivity contribution in [2.75, 3.05) is 0 Å². The van der Waals surface area contributed by atoms with Gasteiger partial charge < -0.3 is 4.42 Å². The summed E-state index contributed by atoms with van der Waals surface area (Å²) in [6, 6.07) is 12.1. The summed E-state index contributed by atoms with van der Waals surface area (Å²) in [6.45, 7) is 0. The van der Waals surface area contributed by atoms with E-state index >= 15 is 0 Å². The molecule has 0 atom stereocenters. The molecule has 18 heavy (non-hydrogen) atoms. The third-order valence-corrected chi connectivity index (χ3v) is 2.81. The monoisotopic (exact) mass is 238 g/mol. The first-order valence-corrected chi connectivity index (χ1v) is 5.20. The lowest BCUT2D eigenvalue weighted by atomic mass is 10.0. The molecule has 0 radical (unpaired) electrons. The number of hydrogen-bond acceptors (Lipinski definition) is 4. The molecule has 0 fully saturated rings. The Morgan fingerprint density at radius 1 is 1.17 bits per heavy atom. The molecule has 0 aliphatic heterocycles.